The first-order chi connectivity index (χ1) is 15.1. The number of carboxylic acids is 1. The molecule has 3 aromatic rings. The van der Waals surface area contributed by atoms with Gasteiger partial charge in [0, 0.05) is 18.0 Å². The van der Waals surface area contributed by atoms with E-state index in [2.05, 4.69) is 0 Å². The van der Waals surface area contributed by atoms with Gasteiger partial charge >= 0.3 is 5.97 Å². The highest BCUT2D eigenvalue weighted by molar-refractivity contribution is 5.98. The van der Waals surface area contributed by atoms with Crippen LogP contribution in [0.4, 0.5) is 0 Å². The summed E-state index contributed by atoms with van der Waals surface area (Å²) in [4.78, 5) is 22.7. The molecule has 8 heteroatoms. The van der Waals surface area contributed by atoms with Crippen LogP contribution in [0.15, 0.2) is 48.5 Å². The van der Waals surface area contributed by atoms with Gasteiger partial charge in [0.2, 0.25) is 0 Å². The second-order valence-corrected chi connectivity index (χ2v) is 8.34. The number of hydrogen-bond acceptors (Lipinski definition) is 5. The third-order valence-electron chi connectivity index (χ3n) is 4.53. The smallest absolute Gasteiger partial charge is 0.341 e. The van der Waals surface area contributed by atoms with Crippen molar-refractivity contribution in [2.45, 2.75) is 39.3 Å². The molecule has 0 fully saturated rings. The van der Waals surface area contributed by atoms with E-state index in [4.69, 9.17) is 25.1 Å². The summed E-state index contributed by atoms with van der Waals surface area (Å²) in [5.41, 5.74) is 6.41. The topological polar surface area (TPSA) is 113 Å². The van der Waals surface area contributed by atoms with Crippen LogP contribution in [0.1, 0.15) is 37.7 Å². The molecule has 0 atom stereocenters. The number of nitrogens with zero attached hydrogens (tertiary/aromatic N) is 1. The lowest BCUT2D eigenvalue weighted by Gasteiger charge is -2.21. The fourth-order valence-corrected chi connectivity index (χ4v) is 3.28. The lowest BCUT2D eigenvalue weighted by atomic mass is 10.2. The van der Waals surface area contributed by atoms with E-state index in [-0.39, 0.29) is 5.60 Å². The average molecular weight is 440 g/mol. The molecular formula is C24H28N2O6. The van der Waals surface area contributed by atoms with Gasteiger partial charge in [0.05, 0.1) is 12.1 Å². The molecule has 0 spiro atoms. The van der Waals surface area contributed by atoms with Crippen molar-refractivity contribution in [1.82, 2.24) is 4.57 Å². The van der Waals surface area contributed by atoms with Gasteiger partial charge < -0.3 is 29.6 Å². The number of primary amides is 1. The van der Waals surface area contributed by atoms with Crippen LogP contribution in [0.3, 0.4) is 0 Å². The Hall–Kier alpha value is -3.68. The Balaban J connectivity index is 1.65. The summed E-state index contributed by atoms with van der Waals surface area (Å²) in [5.74, 6) is 0.306. The zero-order valence-corrected chi connectivity index (χ0v) is 18.5. The number of rotatable bonds is 10. The van der Waals surface area contributed by atoms with Crippen molar-refractivity contribution < 1.29 is 28.9 Å². The number of carbonyl (C=O) groups is 2. The summed E-state index contributed by atoms with van der Waals surface area (Å²) in [6.07, 6.45) is 0.629. The van der Waals surface area contributed by atoms with Crippen molar-refractivity contribution in [1.29, 1.82) is 0 Å². The number of aryl methyl sites for hydroxylation is 1. The summed E-state index contributed by atoms with van der Waals surface area (Å²) >= 11 is 0. The number of aliphatic carboxylic acids is 1. The van der Waals surface area contributed by atoms with Crippen molar-refractivity contribution in [3.63, 3.8) is 0 Å². The maximum absolute atomic E-state index is 11.9. The summed E-state index contributed by atoms with van der Waals surface area (Å²) in [6, 6.07) is 14.3. The number of amides is 1. The first-order valence-electron chi connectivity index (χ1n) is 10.3. The normalized spacial score (nSPS) is 11.3. The van der Waals surface area contributed by atoms with Crippen LogP contribution in [-0.4, -0.2) is 40.4 Å². The van der Waals surface area contributed by atoms with Crippen LogP contribution in [0.25, 0.3) is 10.9 Å². The van der Waals surface area contributed by atoms with Gasteiger partial charge in [0.15, 0.2) is 6.61 Å². The van der Waals surface area contributed by atoms with Crippen molar-refractivity contribution in [3.8, 4) is 17.2 Å². The first-order valence-corrected chi connectivity index (χ1v) is 10.3. The van der Waals surface area contributed by atoms with Crippen LogP contribution >= 0.6 is 0 Å². The molecule has 0 saturated carbocycles. The van der Waals surface area contributed by atoms with Crippen molar-refractivity contribution in [2.24, 2.45) is 5.73 Å². The van der Waals surface area contributed by atoms with Crippen molar-refractivity contribution >= 4 is 22.8 Å². The number of carbonyl (C=O) groups excluding carboxylic acids is 1. The quantitative estimate of drug-likeness (QED) is 0.463. The molecule has 32 heavy (non-hydrogen) atoms. The number of hydrogen-bond donors (Lipinski definition) is 2. The number of fused-ring (bicyclic) bond motifs is 1. The minimum Gasteiger partial charge on any atom is -0.494 e. The maximum Gasteiger partial charge on any atom is 0.341 e. The predicted octanol–water partition coefficient (Wildman–Crippen LogP) is 3.85. The fraction of sp³-hybridized carbons (Fsp3) is 0.333. The van der Waals surface area contributed by atoms with Crippen LogP contribution < -0.4 is 19.9 Å². The number of carboxylic acid groups (broad SMARTS) is 1. The van der Waals surface area contributed by atoms with E-state index >= 15 is 0 Å². The summed E-state index contributed by atoms with van der Waals surface area (Å²) < 4.78 is 18.7. The Morgan fingerprint density at radius 1 is 0.969 bits per heavy atom. The number of ether oxygens (including phenoxy) is 3. The zero-order chi connectivity index (χ0) is 23.3. The van der Waals surface area contributed by atoms with Crippen molar-refractivity contribution in [2.75, 3.05) is 13.2 Å². The minimum absolute atomic E-state index is 0.265. The molecule has 3 rings (SSSR count). The molecule has 0 aliphatic carbocycles. The third-order valence-corrected chi connectivity index (χ3v) is 4.53. The van der Waals surface area contributed by atoms with Crippen molar-refractivity contribution in [3.05, 3.63) is 54.2 Å². The van der Waals surface area contributed by atoms with E-state index in [0.717, 1.165) is 22.4 Å². The Labute approximate surface area is 186 Å². The average Bonchev–Trinajstić information content (AvgIpc) is 3.08. The summed E-state index contributed by atoms with van der Waals surface area (Å²) in [6.45, 7) is 6.46. The van der Waals surface area contributed by atoms with E-state index in [0.29, 0.717) is 31.0 Å². The highest BCUT2D eigenvalue weighted by Crippen LogP contribution is 2.26. The molecule has 1 heterocycles. The number of nitrogens with two attached hydrogens (primary N) is 1. The lowest BCUT2D eigenvalue weighted by molar-refractivity contribution is -0.139. The van der Waals surface area contributed by atoms with Gasteiger partial charge in [0.25, 0.3) is 5.91 Å². The van der Waals surface area contributed by atoms with Gasteiger partial charge in [0.1, 0.15) is 28.5 Å². The Bertz CT molecular complexity index is 1100. The second kappa shape index (κ2) is 9.64. The molecule has 0 aliphatic heterocycles. The second-order valence-electron chi connectivity index (χ2n) is 8.34. The largest absolute Gasteiger partial charge is 0.494 e. The molecule has 0 radical (unpaired) electrons. The molecule has 3 N–H and O–H groups in total. The minimum atomic E-state index is -1.06. The molecule has 1 amide bonds. The van der Waals surface area contributed by atoms with E-state index in [1.165, 1.54) is 0 Å². The van der Waals surface area contributed by atoms with Crippen LogP contribution in [-0.2, 0) is 11.3 Å². The maximum atomic E-state index is 11.9. The molecule has 0 aliphatic rings. The van der Waals surface area contributed by atoms with Crippen LogP contribution in [0, 0.1) is 0 Å². The molecule has 8 nitrogen and oxygen atoms in total. The Morgan fingerprint density at radius 3 is 2.25 bits per heavy atom. The summed E-state index contributed by atoms with van der Waals surface area (Å²) in [7, 11) is 0. The number of aromatic nitrogens is 1. The highest BCUT2D eigenvalue weighted by atomic mass is 16.5. The van der Waals surface area contributed by atoms with E-state index in [1.54, 1.807) is 28.8 Å². The molecule has 0 unspecified atom stereocenters. The molecular weight excluding hydrogens is 412 g/mol. The van der Waals surface area contributed by atoms with Gasteiger partial charge in [-0.15, -0.1) is 0 Å². The van der Waals surface area contributed by atoms with Gasteiger partial charge in [-0.05, 0) is 69.7 Å². The summed E-state index contributed by atoms with van der Waals surface area (Å²) in [5, 5.41) is 9.63. The third kappa shape index (κ3) is 6.16. The van der Waals surface area contributed by atoms with Crippen LogP contribution in [0.2, 0.25) is 0 Å². The zero-order valence-electron chi connectivity index (χ0n) is 18.5. The highest BCUT2D eigenvalue weighted by Gasteiger charge is 2.15. The van der Waals surface area contributed by atoms with Gasteiger partial charge in [-0.1, -0.05) is 0 Å². The lowest BCUT2D eigenvalue weighted by Crippen LogP contribution is -2.22. The molecule has 1 aromatic heterocycles. The molecule has 0 bridgehead atoms. The van der Waals surface area contributed by atoms with E-state index in [9.17, 15) is 9.59 Å². The van der Waals surface area contributed by atoms with E-state index in [1.807, 2.05) is 45.0 Å². The molecule has 0 saturated heterocycles. The van der Waals surface area contributed by atoms with Gasteiger partial charge in [-0.2, -0.15) is 0 Å². The van der Waals surface area contributed by atoms with Gasteiger partial charge in [-0.3, -0.25) is 4.79 Å². The number of benzene rings is 2. The Kier molecular flexibility index (Phi) is 6.92. The van der Waals surface area contributed by atoms with Crippen LogP contribution in [0.5, 0.6) is 17.2 Å². The first kappa shape index (κ1) is 23.0. The predicted molar refractivity (Wildman–Crippen MR) is 121 cm³/mol. The van der Waals surface area contributed by atoms with E-state index < -0.39 is 18.5 Å². The Morgan fingerprint density at radius 2 is 1.62 bits per heavy atom. The standard InChI is InChI=1S/C24H28N2O6/c1-24(2,3)32-18-9-7-17(8-10-18)30-12-4-11-26-20-14-19(31-15-22(27)28)6-5-16(20)13-21(26)23(25)29/h5-10,13-14H,4,11-12,15H2,1-3H3,(H2,25,29)(H,27,28). The fourth-order valence-electron chi connectivity index (χ4n) is 3.28. The molecule has 2 aromatic carbocycles. The SMILES string of the molecule is CC(C)(C)Oc1ccc(OCCCn2c(C(N)=O)cc3ccc(OCC(=O)O)cc32)cc1. The van der Waals surface area contributed by atoms with Gasteiger partial charge in [-0.25, -0.2) is 4.79 Å². The molecule has 170 valence electrons. The monoisotopic (exact) mass is 440 g/mol.